The Morgan fingerprint density at radius 1 is 1.12 bits per heavy atom. The van der Waals surface area contributed by atoms with E-state index >= 15 is 0 Å². The molecule has 0 spiro atoms. The van der Waals surface area contributed by atoms with Gasteiger partial charge in [0.2, 0.25) is 0 Å². The van der Waals surface area contributed by atoms with Crippen molar-refractivity contribution in [1.29, 1.82) is 0 Å². The fourth-order valence-corrected chi connectivity index (χ4v) is 4.28. The summed E-state index contributed by atoms with van der Waals surface area (Å²) in [5.74, 6) is 1.74. The van der Waals surface area contributed by atoms with Gasteiger partial charge in [0.25, 0.3) is 0 Å². The van der Waals surface area contributed by atoms with Crippen LogP contribution in [-0.2, 0) is 10.8 Å². The average Bonchev–Trinajstić information content (AvgIpc) is 2.39. The minimum atomic E-state index is -0.548. The standard InChI is InChI=1S/C13H26N2OS/c14-12-13(4-2-1-3-5-13)6-7-15-8-10-17(16)11-9-15/h1-12,14H2. The first-order chi connectivity index (χ1) is 8.24. The van der Waals surface area contributed by atoms with Crippen molar-refractivity contribution in [2.45, 2.75) is 38.5 Å². The fourth-order valence-electron chi connectivity index (χ4n) is 3.15. The van der Waals surface area contributed by atoms with Gasteiger partial charge in [-0.3, -0.25) is 4.21 Å². The highest BCUT2D eigenvalue weighted by molar-refractivity contribution is 7.85. The van der Waals surface area contributed by atoms with Crippen LogP contribution in [-0.4, -0.2) is 46.8 Å². The second kappa shape index (κ2) is 6.30. The third-order valence-electron chi connectivity index (χ3n) is 4.58. The Labute approximate surface area is 108 Å². The normalized spacial score (nSPS) is 27.1. The molecule has 2 aliphatic rings. The van der Waals surface area contributed by atoms with E-state index in [0.29, 0.717) is 5.41 Å². The van der Waals surface area contributed by atoms with Gasteiger partial charge in [-0.2, -0.15) is 0 Å². The minimum absolute atomic E-state index is 0.425. The zero-order valence-electron chi connectivity index (χ0n) is 10.8. The highest BCUT2D eigenvalue weighted by atomic mass is 32.2. The summed E-state index contributed by atoms with van der Waals surface area (Å²) >= 11 is 0. The lowest BCUT2D eigenvalue weighted by Gasteiger charge is -2.38. The molecule has 0 aromatic rings. The predicted molar refractivity (Wildman–Crippen MR) is 73.5 cm³/mol. The Kier molecular flexibility index (Phi) is 5.00. The fraction of sp³-hybridized carbons (Fsp3) is 1.00. The maximum absolute atomic E-state index is 11.3. The molecule has 1 heterocycles. The third-order valence-corrected chi connectivity index (χ3v) is 5.85. The van der Waals surface area contributed by atoms with Gasteiger partial charge in [-0.25, -0.2) is 0 Å². The SMILES string of the molecule is NCC1(CCN2CCS(=O)CC2)CCCCC1. The lowest BCUT2D eigenvalue weighted by atomic mass is 9.72. The van der Waals surface area contributed by atoms with E-state index in [1.807, 2.05) is 0 Å². The molecule has 4 heteroatoms. The summed E-state index contributed by atoms with van der Waals surface area (Å²) in [7, 11) is -0.548. The Balaban J connectivity index is 1.77. The zero-order valence-corrected chi connectivity index (χ0v) is 11.6. The van der Waals surface area contributed by atoms with Crippen LogP contribution in [0.2, 0.25) is 0 Å². The van der Waals surface area contributed by atoms with Crippen LogP contribution in [0.5, 0.6) is 0 Å². The van der Waals surface area contributed by atoms with E-state index < -0.39 is 10.8 Å². The zero-order chi connectivity index (χ0) is 12.1. The van der Waals surface area contributed by atoms with Gasteiger partial charge < -0.3 is 10.6 Å². The molecule has 1 saturated heterocycles. The van der Waals surface area contributed by atoms with Crippen molar-refractivity contribution in [1.82, 2.24) is 4.90 Å². The van der Waals surface area contributed by atoms with Gasteiger partial charge in [0.1, 0.15) is 0 Å². The molecule has 2 fully saturated rings. The van der Waals surface area contributed by atoms with Crippen molar-refractivity contribution in [3.63, 3.8) is 0 Å². The summed E-state index contributed by atoms with van der Waals surface area (Å²) in [4.78, 5) is 2.48. The first kappa shape index (κ1) is 13.5. The molecule has 0 atom stereocenters. The van der Waals surface area contributed by atoms with Gasteiger partial charge in [0.15, 0.2) is 0 Å². The van der Waals surface area contributed by atoms with Gasteiger partial charge >= 0.3 is 0 Å². The maximum atomic E-state index is 11.3. The summed E-state index contributed by atoms with van der Waals surface area (Å²) in [6.07, 6.45) is 8.01. The van der Waals surface area contributed by atoms with Crippen molar-refractivity contribution in [2.24, 2.45) is 11.1 Å². The molecule has 3 nitrogen and oxygen atoms in total. The molecule has 1 aliphatic heterocycles. The van der Waals surface area contributed by atoms with Crippen LogP contribution in [0.4, 0.5) is 0 Å². The molecule has 0 amide bonds. The summed E-state index contributed by atoms with van der Waals surface area (Å²) in [5.41, 5.74) is 6.43. The molecular weight excluding hydrogens is 232 g/mol. The Morgan fingerprint density at radius 3 is 2.35 bits per heavy atom. The molecule has 0 unspecified atom stereocenters. The average molecular weight is 258 g/mol. The van der Waals surface area contributed by atoms with Gasteiger partial charge in [-0.15, -0.1) is 0 Å². The van der Waals surface area contributed by atoms with E-state index in [0.717, 1.165) is 37.7 Å². The molecule has 0 aromatic carbocycles. The highest BCUT2D eigenvalue weighted by Gasteiger charge is 2.31. The van der Waals surface area contributed by atoms with Crippen molar-refractivity contribution in [3.8, 4) is 0 Å². The maximum Gasteiger partial charge on any atom is 0.0363 e. The quantitative estimate of drug-likeness (QED) is 0.828. The topological polar surface area (TPSA) is 46.3 Å². The summed E-state index contributed by atoms with van der Waals surface area (Å²) in [5, 5.41) is 0. The number of hydrogen-bond donors (Lipinski definition) is 1. The molecule has 0 aromatic heterocycles. The van der Waals surface area contributed by atoms with Crippen molar-refractivity contribution in [2.75, 3.05) is 37.7 Å². The van der Waals surface area contributed by atoms with Crippen LogP contribution in [0.3, 0.4) is 0 Å². The van der Waals surface area contributed by atoms with Gasteiger partial charge in [0, 0.05) is 35.4 Å². The number of nitrogens with two attached hydrogens (primary N) is 1. The lowest BCUT2D eigenvalue weighted by molar-refractivity contribution is 0.150. The molecule has 17 heavy (non-hydrogen) atoms. The Hall–Kier alpha value is 0.0700. The van der Waals surface area contributed by atoms with Gasteiger partial charge in [-0.1, -0.05) is 19.3 Å². The Bertz CT molecular complexity index is 254. The van der Waals surface area contributed by atoms with Gasteiger partial charge in [0.05, 0.1) is 0 Å². The third kappa shape index (κ3) is 3.76. The van der Waals surface area contributed by atoms with E-state index in [1.165, 1.54) is 38.5 Å². The molecule has 1 aliphatic carbocycles. The molecular formula is C13H26N2OS. The largest absolute Gasteiger partial charge is 0.330 e. The first-order valence-electron chi connectivity index (χ1n) is 7.02. The molecule has 0 radical (unpaired) electrons. The van der Waals surface area contributed by atoms with Crippen molar-refractivity contribution in [3.05, 3.63) is 0 Å². The molecule has 0 bridgehead atoms. The number of rotatable bonds is 4. The Morgan fingerprint density at radius 2 is 1.76 bits per heavy atom. The van der Waals surface area contributed by atoms with Crippen LogP contribution in [0, 0.1) is 5.41 Å². The molecule has 2 N–H and O–H groups in total. The minimum Gasteiger partial charge on any atom is -0.330 e. The van der Waals surface area contributed by atoms with Crippen LogP contribution < -0.4 is 5.73 Å². The van der Waals surface area contributed by atoms with E-state index in [9.17, 15) is 4.21 Å². The van der Waals surface area contributed by atoms with E-state index in [2.05, 4.69) is 4.90 Å². The second-order valence-electron chi connectivity index (χ2n) is 5.70. The summed E-state index contributed by atoms with van der Waals surface area (Å²) in [6.45, 7) is 4.06. The number of nitrogens with zero attached hydrogens (tertiary/aromatic N) is 1. The smallest absolute Gasteiger partial charge is 0.0363 e. The van der Waals surface area contributed by atoms with Crippen molar-refractivity contribution < 1.29 is 4.21 Å². The van der Waals surface area contributed by atoms with Gasteiger partial charge in [-0.05, 0) is 37.8 Å². The van der Waals surface area contributed by atoms with Crippen LogP contribution in [0.25, 0.3) is 0 Å². The molecule has 2 rings (SSSR count). The molecule has 100 valence electrons. The second-order valence-corrected chi connectivity index (χ2v) is 7.40. The molecule has 1 saturated carbocycles. The van der Waals surface area contributed by atoms with Crippen LogP contribution >= 0.6 is 0 Å². The summed E-state index contributed by atoms with van der Waals surface area (Å²) in [6, 6.07) is 0. The highest BCUT2D eigenvalue weighted by Crippen LogP contribution is 2.38. The van der Waals surface area contributed by atoms with E-state index in [4.69, 9.17) is 5.73 Å². The van der Waals surface area contributed by atoms with Crippen LogP contribution in [0.1, 0.15) is 38.5 Å². The monoisotopic (exact) mass is 258 g/mol. The van der Waals surface area contributed by atoms with E-state index in [1.54, 1.807) is 0 Å². The number of hydrogen-bond acceptors (Lipinski definition) is 3. The first-order valence-corrected chi connectivity index (χ1v) is 8.50. The lowest BCUT2D eigenvalue weighted by Crippen LogP contribution is -2.42. The summed E-state index contributed by atoms with van der Waals surface area (Å²) < 4.78 is 11.3. The predicted octanol–water partition coefficient (Wildman–Crippen LogP) is 1.35. The van der Waals surface area contributed by atoms with E-state index in [-0.39, 0.29) is 0 Å². The van der Waals surface area contributed by atoms with Crippen LogP contribution in [0.15, 0.2) is 0 Å². The van der Waals surface area contributed by atoms with Crippen molar-refractivity contribution >= 4 is 10.8 Å².